The largest absolute Gasteiger partial charge is 0.494 e. The highest BCUT2D eigenvalue weighted by molar-refractivity contribution is 7.19. The molecule has 0 saturated carbocycles. The van der Waals surface area contributed by atoms with Gasteiger partial charge in [0.15, 0.2) is 5.82 Å². The van der Waals surface area contributed by atoms with Gasteiger partial charge in [0.05, 0.1) is 6.61 Å². The maximum absolute atomic E-state index is 6.07. The van der Waals surface area contributed by atoms with Crippen LogP contribution in [0.1, 0.15) is 6.92 Å². The van der Waals surface area contributed by atoms with E-state index in [0.717, 1.165) is 26.8 Å². The SMILES string of the molecule is CCOc1ccc(-c2nnc3sc(-c4cccc(Cl)c4)nn23)cc1. The molecule has 0 spiro atoms. The molecule has 0 amide bonds. The van der Waals surface area contributed by atoms with Crippen LogP contribution in [-0.2, 0) is 0 Å². The molecule has 4 aromatic rings. The zero-order valence-corrected chi connectivity index (χ0v) is 14.4. The first kappa shape index (κ1) is 15.1. The highest BCUT2D eigenvalue weighted by atomic mass is 35.5. The Balaban J connectivity index is 1.74. The number of hydrogen-bond donors (Lipinski definition) is 0. The molecule has 0 radical (unpaired) electrons. The highest BCUT2D eigenvalue weighted by Crippen LogP contribution is 2.29. The monoisotopic (exact) mass is 356 g/mol. The standard InChI is InChI=1S/C17H13ClN4OS/c1-2-23-14-8-6-11(7-9-14)15-19-20-17-22(15)21-16(24-17)12-4-3-5-13(18)10-12/h3-10H,2H2,1H3. The molecule has 0 aliphatic carbocycles. The van der Waals surface area contributed by atoms with Crippen molar-refractivity contribution in [1.82, 2.24) is 19.8 Å². The zero-order chi connectivity index (χ0) is 16.5. The molecule has 120 valence electrons. The van der Waals surface area contributed by atoms with E-state index in [1.807, 2.05) is 55.5 Å². The lowest BCUT2D eigenvalue weighted by Gasteiger charge is -2.03. The lowest BCUT2D eigenvalue weighted by atomic mass is 10.2. The van der Waals surface area contributed by atoms with Crippen LogP contribution in [0.5, 0.6) is 5.75 Å². The Morgan fingerprint density at radius 2 is 1.92 bits per heavy atom. The number of halogens is 1. The molecular formula is C17H13ClN4OS. The first-order valence-electron chi connectivity index (χ1n) is 7.46. The summed E-state index contributed by atoms with van der Waals surface area (Å²) in [5.41, 5.74) is 1.91. The highest BCUT2D eigenvalue weighted by Gasteiger charge is 2.14. The average Bonchev–Trinajstić information content (AvgIpc) is 3.16. The van der Waals surface area contributed by atoms with Gasteiger partial charge < -0.3 is 4.74 Å². The molecule has 0 aliphatic rings. The molecule has 4 rings (SSSR count). The summed E-state index contributed by atoms with van der Waals surface area (Å²) >= 11 is 7.55. The minimum absolute atomic E-state index is 0.642. The summed E-state index contributed by atoms with van der Waals surface area (Å²) in [6.07, 6.45) is 0. The fraction of sp³-hybridized carbons (Fsp3) is 0.118. The fourth-order valence-electron chi connectivity index (χ4n) is 2.40. The predicted octanol–water partition coefficient (Wildman–Crippen LogP) is 4.57. The molecule has 2 heterocycles. The van der Waals surface area contributed by atoms with Gasteiger partial charge >= 0.3 is 0 Å². The molecule has 0 unspecified atom stereocenters. The Kier molecular flexibility index (Phi) is 3.92. The Morgan fingerprint density at radius 3 is 2.67 bits per heavy atom. The lowest BCUT2D eigenvalue weighted by Crippen LogP contribution is -1.93. The van der Waals surface area contributed by atoms with E-state index in [4.69, 9.17) is 16.3 Å². The van der Waals surface area contributed by atoms with Crippen molar-refractivity contribution in [2.24, 2.45) is 0 Å². The molecule has 7 heteroatoms. The van der Waals surface area contributed by atoms with Crippen molar-refractivity contribution in [3.8, 4) is 27.7 Å². The van der Waals surface area contributed by atoms with Gasteiger partial charge in [0.1, 0.15) is 10.8 Å². The average molecular weight is 357 g/mol. The fourth-order valence-corrected chi connectivity index (χ4v) is 3.43. The zero-order valence-electron chi connectivity index (χ0n) is 12.8. The smallest absolute Gasteiger partial charge is 0.235 e. The molecular weight excluding hydrogens is 344 g/mol. The van der Waals surface area contributed by atoms with Gasteiger partial charge in [-0.3, -0.25) is 0 Å². The summed E-state index contributed by atoms with van der Waals surface area (Å²) in [5, 5.41) is 14.7. The van der Waals surface area contributed by atoms with Crippen LogP contribution in [-0.4, -0.2) is 26.4 Å². The van der Waals surface area contributed by atoms with Crippen LogP contribution in [0.4, 0.5) is 0 Å². The molecule has 0 fully saturated rings. The second kappa shape index (κ2) is 6.22. The van der Waals surface area contributed by atoms with Crippen molar-refractivity contribution in [3.63, 3.8) is 0 Å². The van der Waals surface area contributed by atoms with Crippen molar-refractivity contribution < 1.29 is 4.74 Å². The molecule has 0 aliphatic heterocycles. The molecule has 2 aromatic heterocycles. The maximum atomic E-state index is 6.07. The van der Waals surface area contributed by atoms with Crippen molar-refractivity contribution >= 4 is 27.9 Å². The Morgan fingerprint density at radius 1 is 1.08 bits per heavy atom. The quantitative estimate of drug-likeness (QED) is 0.537. The topological polar surface area (TPSA) is 52.3 Å². The first-order chi connectivity index (χ1) is 11.7. The maximum Gasteiger partial charge on any atom is 0.235 e. The molecule has 2 aromatic carbocycles. The van der Waals surface area contributed by atoms with Gasteiger partial charge in [-0.1, -0.05) is 35.1 Å². The van der Waals surface area contributed by atoms with Crippen molar-refractivity contribution in [2.45, 2.75) is 6.92 Å². The van der Waals surface area contributed by atoms with Gasteiger partial charge in [-0.15, -0.1) is 10.2 Å². The number of aromatic nitrogens is 4. The van der Waals surface area contributed by atoms with Crippen molar-refractivity contribution in [1.29, 1.82) is 0 Å². The number of hydrogen-bond acceptors (Lipinski definition) is 5. The number of rotatable bonds is 4. The van der Waals surface area contributed by atoms with E-state index in [2.05, 4.69) is 15.3 Å². The van der Waals surface area contributed by atoms with E-state index in [1.54, 1.807) is 4.52 Å². The van der Waals surface area contributed by atoms with Gasteiger partial charge in [-0.05, 0) is 43.3 Å². The van der Waals surface area contributed by atoms with Crippen LogP contribution in [0.3, 0.4) is 0 Å². The van der Waals surface area contributed by atoms with Crippen LogP contribution < -0.4 is 4.74 Å². The van der Waals surface area contributed by atoms with E-state index in [0.29, 0.717) is 17.5 Å². The van der Waals surface area contributed by atoms with Crippen molar-refractivity contribution in [2.75, 3.05) is 6.61 Å². The third-order valence-corrected chi connectivity index (χ3v) is 4.67. The predicted molar refractivity (Wildman–Crippen MR) is 95.7 cm³/mol. The van der Waals surface area contributed by atoms with Gasteiger partial charge in [-0.25, -0.2) is 0 Å². The van der Waals surface area contributed by atoms with Crippen LogP contribution >= 0.6 is 22.9 Å². The Labute approximate surface area is 147 Å². The summed E-state index contributed by atoms with van der Waals surface area (Å²) in [4.78, 5) is 0.744. The third kappa shape index (κ3) is 2.74. The molecule has 0 bridgehead atoms. The van der Waals surface area contributed by atoms with Crippen LogP contribution in [0.15, 0.2) is 48.5 Å². The summed E-state index contributed by atoms with van der Waals surface area (Å²) < 4.78 is 7.23. The second-order valence-electron chi connectivity index (χ2n) is 5.09. The van der Waals surface area contributed by atoms with Gasteiger partial charge in [0, 0.05) is 16.1 Å². The first-order valence-corrected chi connectivity index (χ1v) is 8.65. The van der Waals surface area contributed by atoms with E-state index in [1.165, 1.54) is 11.3 Å². The molecule has 24 heavy (non-hydrogen) atoms. The summed E-state index contributed by atoms with van der Waals surface area (Å²) in [5.74, 6) is 1.54. The molecule has 0 N–H and O–H groups in total. The van der Waals surface area contributed by atoms with Gasteiger partial charge in [0.2, 0.25) is 4.96 Å². The van der Waals surface area contributed by atoms with E-state index < -0.39 is 0 Å². The normalized spacial score (nSPS) is 11.1. The van der Waals surface area contributed by atoms with Gasteiger partial charge in [-0.2, -0.15) is 9.61 Å². The minimum atomic E-state index is 0.642. The summed E-state index contributed by atoms with van der Waals surface area (Å²) in [7, 11) is 0. The number of nitrogens with zero attached hydrogens (tertiary/aromatic N) is 4. The Hall–Kier alpha value is -2.44. The molecule has 0 atom stereocenters. The molecule has 5 nitrogen and oxygen atoms in total. The van der Waals surface area contributed by atoms with E-state index in [-0.39, 0.29) is 0 Å². The second-order valence-corrected chi connectivity index (χ2v) is 6.49. The number of benzene rings is 2. The summed E-state index contributed by atoms with van der Waals surface area (Å²) in [6.45, 7) is 2.60. The van der Waals surface area contributed by atoms with Crippen LogP contribution in [0.25, 0.3) is 26.9 Å². The van der Waals surface area contributed by atoms with Crippen molar-refractivity contribution in [3.05, 3.63) is 53.6 Å². The third-order valence-electron chi connectivity index (χ3n) is 3.49. The van der Waals surface area contributed by atoms with Crippen LogP contribution in [0, 0.1) is 0 Å². The molecule has 0 saturated heterocycles. The summed E-state index contributed by atoms with van der Waals surface area (Å²) in [6, 6.07) is 15.4. The minimum Gasteiger partial charge on any atom is -0.494 e. The van der Waals surface area contributed by atoms with Gasteiger partial charge in [0.25, 0.3) is 0 Å². The number of fused-ring (bicyclic) bond motifs is 1. The Bertz CT molecular complexity index is 993. The van der Waals surface area contributed by atoms with Crippen LogP contribution in [0.2, 0.25) is 5.02 Å². The lowest BCUT2D eigenvalue weighted by molar-refractivity contribution is 0.340. The number of ether oxygens (including phenoxy) is 1. The van der Waals surface area contributed by atoms with E-state index in [9.17, 15) is 0 Å². The van der Waals surface area contributed by atoms with E-state index >= 15 is 0 Å².